The number of benzene rings is 2. The third-order valence-corrected chi connectivity index (χ3v) is 3.09. The number of fused-ring (bicyclic) bond motifs is 1. The summed E-state index contributed by atoms with van der Waals surface area (Å²) in [4.78, 5) is 20.6. The monoisotopic (exact) mass is 293 g/mol. The molecule has 0 aliphatic heterocycles. The fourth-order valence-corrected chi connectivity index (χ4v) is 2.10. The maximum absolute atomic E-state index is 11.7. The molecule has 0 aliphatic carbocycles. The van der Waals surface area contributed by atoms with Gasteiger partial charge in [0, 0.05) is 5.69 Å². The first-order chi connectivity index (χ1) is 10.8. The average molecular weight is 293 g/mol. The van der Waals surface area contributed by atoms with Crippen molar-refractivity contribution in [3.63, 3.8) is 0 Å². The second kappa shape index (κ2) is 6.22. The number of aromatic nitrogens is 2. The Labute approximate surface area is 128 Å². The molecule has 0 aliphatic rings. The van der Waals surface area contributed by atoms with Gasteiger partial charge in [-0.25, -0.2) is 9.78 Å². The molecule has 3 aromatic rings. The molecule has 5 nitrogen and oxygen atoms in total. The van der Waals surface area contributed by atoms with Crippen LogP contribution < -0.4 is 5.32 Å². The Morgan fingerprint density at radius 1 is 1.14 bits per heavy atom. The summed E-state index contributed by atoms with van der Waals surface area (Å²) >= 11 is 0. The fraction of sp³-hybridized carbons (Fsp3) is 0.118. The lowest BCUT2D eigenvalue weighted by Gasteiger charge is -2.08. The molecule has 0 amide bonds. The lowest BCUT2D eigenvalue weighted by atomic mass is 10.2. The highest BCUT2D eigenvalue weighted by molar-refractivity contribution is 5.90. The van der Waals surface area contributed by atoms with E-state index in [9.17, 15) is 4.79 Å². The highest BCUT2D eigenvalue weighted by atomic mass is 16.5. The highest BCUT2D eigenvalue weighted by Crippen LogP contribution is 2.18. The van der Waals surface area contributed by atoms with Crippen molar-refractivity contribution in [3.8, 4) is 0 Å². The van der Waals surface area contributed by atoms with Crippen molar-refractivity contribution in [2.75, 3.05) is 11.9 Å². The molecule has 0 saturated heterocycles. The topological polar surface area (TPSA) is 64.1 Å². The second-order valence-electron chi connectivity index (χ2n) is 4.67. The van der Waals surface area contributed by atoms with E-state index >= 15 is 0 Å². The fourth-order valence-electron chi connectivity index (χ4n) is 2.10. The third-order valence-electron chi connectivity index (χ3n) is 3.09. The van der Waals surface area contributed by atoms with E-state index < -0.39 is 0 Å². The number of para-hydroxylation sites is 2. The first kappa shape index (κ1) is 14.0. The van der Waals surface area contributed by atoms with Gasteiger partial charge in [0.25, 0.3) is 0 Å². The predicted molar refractivity (Wildman–Crippen MR) is 85.2 cm³/mol. The van der Waals surface area contributed by atoms with Crippen LogP contribution in [0.15, 0.2) is 54.7 Å². The van der Waals surface area contributed by atoms with Gasteiger partial charge in [0.2, 0.25) is 0 Å². The number of ether oxygens (including phenoxy) is 1. The molecule has 0 spiro atoms. The summed E-state index contributed by atoms with van der Waals surface area (Å²) in [6.45, 7) is 2.14. The largest absolute Gasteiger partial charge is 0.462 e. The molecule has 110 valence electrons. The van der Waals surface area contributed by atoms with Crippen LogP contribution in [0.1, 0.15) is 17.3 Å². The van der Waals surface area contributed by atoms with Gasteiger partial charge in [-0.2, -0.15) is 0 Å². The first-order valence-electron chi connectivity index (χ1n) is 7.02. The number of hydrogen-bond donors (Lipinski definition) is 1. The summed E-state index contributed by atoms with van der Waals surface area (Å²) < 4.78 is 5.00. The van der Waals surface area contributed by atoms with Crippen molar-refractivity contribution in [1.82, 2.24) is 9.97 Å². The summed E-state index contributed by atoms with van der Waals surface area (Å²) in [5, 5.41) is 3.15. The SMILES string of the molecule is CCOC(=O)c1cccc(Nc2cnc3ccccc3n2)c1. The van der Waals surface area contributed by atoms with Crippen LogP contribution in [0.25, 0.3) is 11.0 Å². The van der Waals surface area contributed by atoms with E-state index in [1.54, 1.807) is 31.3 Å². The summed E-state index contributed by atoms with van der Waals surface area (Å²) in [5.41, 5.74) is 2.91. The van der Waals surface area contributed by atoms with Crippen molar-refractivity contribution >= 4 is 28.5 Å². The second-order valence-corrected chi connectivity index (χ2v) is 4.67. The maximum Gasteiger partial charge on any atom is 0.338 e. The lowest BCUT2D eigenvalue weighted by molar-refractivity contribution is 0.0526. The number of carbonyl (C=O) groups is 1. The van der Waals surface area contributed by atoms with E-state index in [0.29, 0.717) is 18.0 Å². The average Bonchev–Trinajstić information content (AvgIpc) is 2.55. The van der Waals surface area contributed by atoms with Crippen LogP contribution in [-0.2, 0) is 4.74 Å². The Morgan fingerprint density at radius 3 is 2.77 bits per heavy atom. The van der Waals surface area contributed by atoms with E-state index in [0.717, 1.165) is 16.7 Å². The van der Waals surface area contributed by atoms with E-state index in [2.05, 4.69) is 15.3 Å². The van der Waals surface area contributed by atoms with Crippen molar-refractivity contribution in [3.05, 3.63) is 60.3 Å². The number of esters is 1. The first-order valence-corrected chi connectivity index (χ1v) is 7.02. The van der Waals surface area contributed by atoms with Gasteiger partial charge in [-0.3, -0.25) is 4.98 Å². The number of rotatable bonds is 4. The van der Waals surface area contributed by atoms with Gasteiger partial charge in [-0.05, 0) is 37.3 Å². The van der Waals surface area contributed by atoms with Gasteiger partial charge in [0.1, 0.15) is 5.82 Å². The van der Waals surface area contributed by atoms with Crippen molar-refractivity contribution in [2.24, 2.45) is 0 Å². The van der Waals surface area contributed by atoms with Crippen molar-refractivity contribution in [2.45, 2.75) is 6.92 Å². The zero-order valence-electron chi connectivity index (χ0n) is 12.1. The van der Waals surface area contributed by atoms with Crippen LogP contribution in [0.3, 0.4) is 0 Å². The molecule has 1 N–H and O–H groups in total. The molecule has 2 aromatic carbocycles. The van der Waals surface area contributed by atoms with Crippen LogP contribution in [0, 0.1) is 0 Å². The number of anilines is 2. The Bertz CT molecular complexity index is 818. The minimum absolute atomic E-state index is 0.337. The zero-order chi connectivity index (χ0) is 15.4. The number of nitrogens with zero attached hydrogens (tertiary/aromatic N) is 2. The van der Waals surface area contributed by atoms with Gasteiger partial charge >= 0.3 is 5.97 Å². The molecule has 5 heteroatoms. The quantitative estimate of drug-likeness (QED) is 0.745. The van der Waals surface area contributed by atoms with E-state index in [4.69, 9.17) is 4.74 Å². The molecule has 0 fully saturated rings. The summed E-state index contributed by atoms with van der Waals surface area (Å²) in [5.74, 6) is 0.287. The Balaban J connectivity index is 1.85. The number of carbonyl (C=O) groups excluding carboxylic acids is 1. The molecule has 0 radical (unpaired) electrons. The van der Waals surface area contributed by atoms with Crippen molar-refractivity contribution < 1.29 is 9.53 Å². The van der Waals surface area contributed by atoms with Gasteiger partial charge < -0.3 is 10.1 Å². The molecule has 1 aromatic heterocycles. The van der Waals surface area contributed by atoms with Gasteiger partial charge in [-0.1, -0.05) is 18.2 Å². The summed E-state index contributed by atoms with van der Waals surface area (Å²) in [7, 11) is 0. The number of hydrogen-bond acceptors (Lipinski definition) is 5. The standard InChI is InChI=1S/C17H15N3O2/c1-2-22-17(21)12-6-5-7-13(10-12)19-16-11-18-14-8-3-4-9-15(14)20-16/h3-11H,2H2,1H3,(H,19,20). The van der Waals surface area contributed by atoms with Gasteiger partial charge in [0.15, 0.2) is 0 Å². The van der Waals surface area contributed by atoms with E-state index in [-0.39, 0.29) is 5.97 Å². The molecule has 22 heavy (non-hydrogen) atoms. The Morgan fingerprint density at radius 2 is 1.95 bits per heavy atom. The van der Waals surface area contributed by atoms with Crippen LogP contribution in [0.2, 0.25) is 0 Å². The Hall–Kier alpha value is -2.95. The van der Waals surface area contributed by atoms with Crippen LogP contribution in [0.5, 0.6) is 0 Å². The third kappa shape index (κ3) is 3.03. The minimum Gasteiger partial charge on any atom is -0.462 e. The molecular weight excluding hydrogens is 278 g/mol. The molecule has 0 atom stereocenters. The lowest BCUT2D eigenvalue weighted by Crippen LogP contribution is -2.05. The summed E-state index contributed by atoms with van der Waals surface area (Å²) in [6, 6.07) is 14.8. The van der Waals surface area contributed by atoms with Crippen molar-refractivity contribution in [1.29, 1.82) is 0 Å². The smallest absolute Gasteiger partial charge is 0.338 e. The normalized spacial score (nSPS) is 10.4. The highest BCUT2D eigenvalue weighted by Gasteiger charge is 2.07. The molecule has 0 saturated carbocycles. The minimum atomic E-state index is -0.337. The summed E-state index contributed by atoms with van der Waals surface area (Å²) in [6.07, 6.45) is 1.67. The van der Waals surface area contributed by atoms with Crippen LogP contribution in [-0.4, -0.2) is 22.5 Å². The Kier molecular flexibility index (Phi) is 3.96. The number of nitrogens with one attached hydrogen (secondary N) is 1. The van der Waals surface area contributed by atoms with Gasteiger partial charge in [0.05, 0.1) is 29.4 Å². The van der Waals surface area contributed by atoms with E-state index in [1.807, 2.05) is 30.3 Å². The molecule has 1 heterocycles. The maximum atomic E-state index is 11.7. The van der Waals surface area contributed by atoms with Crippen LogP contribution >= 0.6 is 0 Å². The molecule has 0 bridgehead atoms. The predicted octanol–water partition coefficient (Wildman–Crippen LogP) is 3.55. The molecule has 0 unspecified atom stereocenters. The van der Waals surface area contributed by atoms with E-state index in [1.165, 1.54) is 0 Å². The molecule has 3 rings (SSSR count). The molecular formula is C17H15N3O2. The zero-order valence-corrected chi connectivity index (χ0v) is 12.1. The van der Waals surface area contributed by atoms with Crippen LogP contribution in [0.4, 0.5) is 11.5 Å². The van der Waals surface area contributed by atoms with Gasteiger partial charge in [-0.15, -0.1) is 0 Å².